The Balaban J connectivity index is 1.69. The minimum Gasteiger partial charge on any atom is -0.497 e. The molecular formula is C18H15N5O2S. The van der Waals surface area contributed by atoms with Gasteiger partial charge in [-0.15, -0.1) is 0 Å². The first-order valence-electron chi connectivity index (χ1n) is 7.89. The van der Waals surface area contributed by atoms with Crippen LogP contribution in [0.1, 0.15) is 5.56 Å². The largest absolute Gasteiger partial charge is 0.497 e. The van der Waals surface area contributed by atoms with E-state index in [1.807, 2.05) is 36.4 Å². The highest BCUT2D eigenvalue weighted by Gasteiger charge is 2.12. The molecule has 7 nitrogen and oxygen atoms in total. The van der Waals surface area contributed by atoms with E-state index in [1.54, 1.807) is 24.2 Å². The van der Waals surface area contributed by atoms with Crippen LogP contribution in [-0.4, -0.2) is 31.8 Å². The van der Waals surface area contributed by atoms with Crippen molar-refractivity contribution >= 4 is 22.8 Å². The number of ether oxygens (including phenoxy) is 1. The Bertz CT molecular complexity index is 1090. The molecule has 0 amide bonds. The van der Waals surface area contributed by atoms with Gasteiger partial charge in [-0.3, -0.25) is 9.78 Å². The van der Waals surface area contributed by atoms with Crippen LogP contribution in [0.2, 0.25) is 0 Å². The molecule has 0 fully saturated rings. The van der Waals surface area contributed by atoms with Crippen molar-refractivity contribution in [2.45, 2.75) is 10.9 Å². The summed E-state index contributed by atoms with van der Waals surface area (Å²) in [6.07, 6.45) is 5.06. The van der Waals surface area contributed by atoms with Crippen molar-refractivity contribution in [3.8, 4) is 11.4 Å². The van der Waals surface area contributed by atoms with Gasteiger partial charge in [-0.1, -0.05) is 17.8 Å². The SMILES string of the molecule is COc1ccc(-n2ncc3c(=O)[nH]c(SCc4cccnc4)nc32)cc1. The number of aromatic amines is 1. The molecule has 0 aliphatic carbocycles. The summed E-state index contributed by atoms with van der Waals surface area (Å²) in [5, 5.41) is 5.31. The number of hydrogen-bond donors (Lipinski definition) is 1. The van der Waals surface area contributed by atoms with E-state index >= 15 is 0 Å². The van der Waals surface area contributed by atoms with E-state index in [-0.39, 0.29) is 5.56 Å². The monoisotopic (exact) mass is 365 g/mol. The van der Waals surface area contributed by atoms with E-state index < -0.39 is 0 Å². The van der Waals surface area contributed by atoms with E-state index in [2.05, 4.69) is 20.1 Å². The lowest BCUT2D eigenvalue weighted by Gasteiger charge is -2.06. The van der Waals surface area contributed by atoms with Crippen molar-refractivity contribution in [2.75, 3.05) is 7.11 Å². The highest BCUT2D eigenvalue weighted by molar-refractivity contribution is 7.98. The summed E-state index contributed by atoms with van der Waals surface area (Å²) in [7, 11) is 1.62. The summed E-state index contributed by atoms with van der Waals surface area (Å²) >= 11 is 1.45. The standard InChI is InChI=1S/C18H15N5O2S/c1-25-14-6-4-13(5-7-14)23-16-15(10-20-23)17(24)22-18(21-16)26-11-12-3-2-8-19-9-12/h2-10H,11H2,1H3,(H,21,22,24). The third-order valence-corrected chi connectivity index (χ3v) is 4.78. The number of nitrogens with one attached hydrogen (secondary N) is 1. The molecule has 1 N–H and O–H groups in total. The molecule has 4 aromatic rings. The van der Waals surface area contributed by atoms with Gasteiger partial charge in [0.05, 0.1) is 19.0 Å². The third kappa shape index (κ3) is 3.18. The first-order chi connectivity index (χ1) is 12.7. The van der Waals surface area contributed by atoms with E-state index in [9.17, 15) is 4.79 Å². The maximum Gasteiger partial charge on any atom is 0.262 e. The van der Waals surface area contributed by atoms with Gasteiger partial charge in [-0.2, -0.15) is 5.10 Å². The van der Waals surface area contributed by atoms with Crippen LogP contribution in [0.4, 0.5) is 0 Å². The minimum absolute atomic E-state index is 0.205. The van der Waals surface area contributed by atoms with Crippen molar-refractivity contribution in [3.63, 3.8) is 0 Å². The molecule has 0 aliphatic rings. The van der Waals surface area contributed by atoms with Crippen LogP contribution in [0.5, 0.6) is 5.75 Å². The summed E-state index contributed by atoms with van der Waals surface area (Å²) in [5.41, 5.74) is 2.18. The summed E-state index contributed by atoms with van der Waals surface area (Å²) < 4.78 is 6.83. The van der Waals surface area contributed by atoms with Gasteiger partial charge < -0.3 is 9.72 Å². The number of thioether (sulfide) groups is 1. The summed E-state index contributed by atoms with van der Waals surface area (Å²) in [6, 6.07) is 11.3. The Morgan fingerprint density at radius 2 is 2.04 bits per heavy atom. The fraction of sp³-hybridized carbons (Fsp3) is 0.111. The van der Waals surface area contributed by atoms with Gasteiger partial charge in [0, 0.05) is 18.1 Å². The van der Waals surface area contributed by atoms with Crippen LogP contribution >= 0.6 is 11.8 Å². The molecule has 0 aliphatic heterocycles. The van der Waals surface area contributed by atoms with Gasteiger partial charge >= 0.3 is 0 Å². The minimum atomic E-state index is -0.205. The number of fused-ring (bicyclic) bond motifs is 1. The highest BCUT2D eigenvalue weighted by atomic mass is 32.2. The summed E-state index contributed by atoms with van der Waals surface area (Å²) in [4.78, 5) is 23.8. The molecule has 1 aromatic carbocycles. The molecule has 0 bridgehead atoms. The number of methoxy groups -OCH3 is 1. The molecule has 3 aromatic heterocycles. The van der Waals surface area contributed by atoms with Gasteiger partial charge in [0.2, 0.25) is 0 Å². The summed E-state index contributed by atoms with van der Waals surface area (Å²) in [6.45, 7) is 0. The van der Waals surface area contributed by atoms with Crippen molar-refractivity contribution in [1.29, 1.82) is 0 Å². The van der Waals surface area contributed by atoms with Crippen molar-refractivity contribution in [2.24, 2.45) is 0 Å². The van der Waals surface area contributed by atoms with Gasteiger partial charge in [0.25, 0.3) is 5.56 Å². The van der Waals surface area contributed by atoms with Crippen molar-refractivity contribution in [1.82, 2.24) is 24.7 Å². The Labute approximate surface area is 153 Å². The lowest BCUT2D eigenvalue weighted by molar-refractivity contribution is 0.414. The molecule has 0 unspecified atom stereocenters. The Morgan fingerprint density at radius 3 is 2.77 bits per heavy atom. The van der Waals surface area contributed by atoms with Crippen LogP contribution in [0.3, 0.4) is 0 Å². The Kier molecular flexibility index (Phi) is 4.40. The molecule has 0 saturated carbocycles. The number of benzene rings is 1. The average Bonchev–Trinajstić information content (AvgIpc) is 3.12. The van der Waals surface area contributed by atoms with Crippen LogP contribution in [0, 0.1) is 0 Å². The predicted molar refractivity (Wildman–Crippen MR) is 99.8 cm³/mol. The van der Waals surface area contributed by atoms with E-state index in [4.69, 9.17) is 4.74 Å². The third-order valence-electron chi connectivity index (χ3n) is 3.83. The second-order valence-corrected chi connectivity index (χ2v) is 6.48. The van der Waals surface area contributed by atoms with Crippen LogP contribution < -0.4 is 10.3 Å². The Morgan fingerprint density at radius 1 is 1.19 bits per heavy atom. The van der Waals surface area contributed by atoms with Gasteiger partial charge in [0.1, 0.15) is 11.1 Å². The number of aromatic nitrogens is 5. The zero-order chi connectivity index (χ0) is 17.9. The number of hydrogen-bond acceptors (Lipinski definition) is 6. The topological polar surface area (TPSA) is 85.7 Å². The molecule has 3 heterocycles. The quantitative estimate of drug-likeness (QED) is 0.432. The molecule has 0 atom stereocenters. The van der Waals surface area contributed by atoms with Gasteiger partial charge in [-0.05, 0) is 35.9 Å². The fourth-order valence-electron chi connectivity index (χ4n) is 2.51. The van der Waals surface area contributed by atoms with Gasteiger partial charge in [0.15, 0.2) is 10.8 Å². The lowest BCUT2D eigenvalue weighted by Crippen LogP contribution is -2.09. The van der Waals surface area contributed by atoms with E-state index in [0.717, 1.165) is 17.0 Å². The molecule has 0 radical (unpaired) electrons. The molecule has 0 saturated heterocycles. The smallest absolute Gasteiger partial charge is 0.262 e. The maximum atomic E-state index is 12.4. The van der Waals surface area contributed by atoms with Crippen molar-refractivity contribution in [3.05, 3.63) is 70.9 Å². The molecule has 4 rings (SSSR count). The van der Waals surface area contributed by atoms with E-state index in [0.29, 0.717) is 21.9 Å². The summed E-state index contributed by atoms with van der Waals surface area (Å²) in [5.74, 6) is 1.42. The zero-order valence-corrected chi connectivity index (χ0v) is 14.7. The van der Waals surface area contributed by atoms with Crippen LogP contribution in [0.15, 0.2) is 64.9 Å². The number of rotatable bonds is 5. The second kappa shape index (κ2) is 7.01. The predicted octanol–water partition coefficient (Wildman–Crippen LogP) is 2.80. The molecule has 0 spiro atoms. The highest BCUT2D eigenvalue weighted by Crippen LogP contribution is 2.21. The number of H-pyrrole nitrogens is 1. The van der Waals surface area contributed by atoms with E-state index in [1.165, 1.54) is 18.0 Å². The molecule has 130 valence electrons. The van der Waals surface area contributed by atoms with Crippen LogP contribution in [0.25, 0.3) is 16.7 Å². The second-order valence-electron chi connectivity index (χ2n) is 5.51. The lowest BCUT2D eigenvalue weighted by atomic mass is 10.3. The zero-order valence-electron chi connectivity index (χ0n) is 13.9. The molecule has 8 heteroatoms. The first kappa shape index (κ1) is 16.3. The Hall–Kier alpha value is -3.13. The number of pyridine rings is 1. The normalized spacial score (nSPS) is 11.0. The average molecular weight is 365 g/mol. The molecular weight excluding hydrogens is 350 g/mol. The fourth-order valence-corrected chi connectivity index (χ4v) is 3.30. The van der Waals surface area contributed by atoms with Crippen LogP contribution in [-0.2, 0) is 5.75 Å². The first-order valence-corrected chi connectivity index (χ1v) is 8.87. The van der Waals surface area contributed by atoms with Crippen molar-refractivity contribution < 1.29 is 4.74 Å². The maximum absolute atomic E-state index is 12.4. The molecule has 26 heavy (non-hydrogen) atoms. The number of nitrogens with zero attached hydrogens (tertiary/aromatic N) is 4. The van der Waals surface area contributed by atoms with Gasteiger partial charge in [-0.25, -0.2) is 9.67 Å².